The minimum atomic E-state index is 1.23. The van der Waals surface area contributed by atoms with Gasteiger partial charge in [-0.25, -0.2) is 0 Å². The van der Waals surface area contributed by atoms with E-state index in [0.717, 1.165) is 0 Å². The first-order valence-corrected chi connectivity index (χ1v) is 16.7. The van der Waals surface area contributed by atoms with Gasteiger partial charge in [-0.2, -0.15) is 0 Å². The third-order valence-corrected chi connectivity index (χ3v) is 10.2. The van der Waals surface area contributed by atoms with Gasteiger partial charge in [0.2, 0.25) is 0 Å². The van der Waals surface area contributed by atoms with E-state index in [0.29, 0.717) is 0 Å². The lowest BCUT2D eigenvalue weighted by Crippen LogP contribution is -1.93. The van der Waals surface area contributed by atoms with Gasteiger partial charge in [-0.05, 0) is 116 Å². The second-order valence-electron chi connectivity index (χ2n) is 12.8. The van der Waals surface area contributed by atoms with Gasteiger partial charge in [0.25, 0.3) is 0 Å². The molecule has 0 spiro atoms. The van der Waals surface area contributed by atoms with Crippen LogP contribution in [-0.4, -0.2) is 0 Å². The van der Waals surface area contributed by atoms with Crippen molar-refractivity contribution < 1.29 is 0 Å². The van der Waals surface area contributed by atoms with Crippen LogP contribution >= 0.6 is 0 Å². The topological polar surface area (TPSA) is 0 Å². The van der Waals surface area contributed by atoms with Gasteiger partial charge in [-0.1, -0.05) is 164 Å². The molecular formula is C48H30. The molecule has 10 aromatic carbocycles. The molecule has 0 unspecified atom stereocenters. The van der Waals surface area contributed by atoms with Crippen LogP contribution < -0.4 is 0 Å². The number of hydrogen-bond acceptors (Lipinski definition) is 0. The summed E-state index contributed by atoms with van der Waals surface area (Å²) in [7, 11) is 0. The lowest BCUT2D eigenvalue weighted by molar-refractivity contribution is 1.66. The Bertz CT molecular complexity index is 2880. The second kappa shape index (κ2) is 10.7. The average Bonchev–Trinajstić information content (AvgIpc) is 3.16. The number of fused-ring (bicyclic) bond motifs is 7. The minimum absolute atomic E-state index is 1.23. The molecule has 0 aliphatic rings. The molecule has 0 nitrogen and oxygen atoms in total. The molecule has 0 aliphatic heterocycles. The van der Waals surface area contributed by atoms with E-state index in [9.17, 15) is 0 Å². The van der Waals surface area contributed by atoms with Crippen LogP contribution in [0.1, 0.15) is 0 Å². The van der Waals surface area contributed by atoms with Crippen molar-refractivity contribution in [3.8, 4) is 33.4 Å². The van der Waals surface area contributed by atoms with E-state index in [4.69, 9.17) is 0 Å². The second-order valence-corrected chi connectivity index (χ2v) is 12.8. The van der Waals surface area contributed by atoms with Gasteiger partial charge >= 0.3 is 0 Å². The standard InChI is InChI=1S/C48H30/c1-2-14-33(15-3-1)46-40-20-10-11-21-41(40)48(36-23-22-31-12-4-5-16-34(31)28-36)45-30-37(25-27-43(45)46)47-39-19-9-7-17-35(39)29-44-38-18-8-6-13-32(38)24-26-42(44)47/h1-30H. The molecule has 48 heavy (non-hydrogen) atoms. The molecule has 0 bridgehead atoms. The summed E-state index contributed by atoms with van der Waals surface area (Å²) in [4.78, 5) is 0. The van der Waals surface area contributed by atoms with Gasteiger partial charge in [-0.3, -0.25) is 0 Å². The van der Waals surface area contributed by atoms with E-state index in [1.54, 1.807) is 0 Å². The van der Waals surface area contributed by atoms with Crippen LogP contribution in [0.2, 0.25) is 0 Å². The van der Waals surface area contributed by atoms with Crippen molar-refractivity contribution in [3.05, 3.63) is 182 Å². The van der Waals surface area contributed by atoms with E-state index in [1.807, 2.05) is 0 Å². The molecule has 0 aromatic heterocycles. The highest BCUT2D eigenvalue weighted by Gasteiger charge is 2.19. The highest BCUT2D eigenvalue weighted by Crippen LogP contribution is 2.47. The van der Waals surface area contributed by atoms with Crippen molar-refractivity contribution in [2.24, 2.45) is 0 Å². The first kappa shape index (κ1) is 26.9. The highest BCUT2D eigenvalue weighted by molar-refractivity contribution is 6.24. The zero-order chi connectivity index (χ0) is 31.6. The predicted octanol–water partition coefficient (Wildman–Crippen LogP) is 13.6. The van der Waals surface area contributed by atoms with Crippen molar-refractivity contribution in [2.75, 3.05) is 0 Å². The maximum atomic E-state index is 2.47. The molecule has 0 amide bonds. The van der Waals surface area contributed by atoms with Gasteiger partial charge < -0.3 is 0 Å². The van der Waals surface area contributed by atoms with Crippen LogP contribution in [0.25, 0.3) is 98.0 Å². The Morgan fingerprint density at radius 2 is 0.667 bits per heavy atom. The molecule has 0 atom stereocenters. The van der Waals surface area contributed by atoms with Crippen molar-refractivity contribution >= 4 is 64.6 Å². The maximum absolute atomic E-state index is 2.47. The van der Waals surface area contributed by atoms with Gasteiger partial charge in [0.05, 0.1) is 0 Å². The Morgan fingerprint density at radius 1 is 0.188 bits per heavy atom. The Balaban J connectivity index is 1.37. The average molecular weight is 607 g/mol. The van der Waals surface area contributed by atoms with Crippen molar-refractivity contribution in [2.45, 2.75) is 0 Å². The molecule has 0 heterocycles. The van der Waals surface area contributed by atoms with Crippen molar-refractivity contribution in [3.63, 3.8) is 0 Å². The van der Waals surface area contributed by atoms with Crippen LogP contribution in [0.15, 0.2) is 182 Å². The quantitative estimate of drug-likeness (QED) is 0.139. The molecule has 0 radical (unpaired) electrons. The Morgan fingerprint density at radius 3 is 1.46 bits per heavy atom. The maximum Gasteiger partial charge on any atom is -0.00259 e. The summed E-state index contributed by atoms with van der Waals surface area (Å²) < 4.78 is 0. The van der Waals surface area contributed by atoms with Gasteiger partial charge in [0.1, 0.15) is 0 Å². The lowest BCUT2D eigenvalue weighted by atomic mass is 9.83. The first-order chi connectivity index (χ1) is 23.8. The minimum Gasteiger partial charge on any atom is -0.0622 e. The fraction of sp³-hybridized carbons (Fsp3) is 0. The molecule has 10 aromatic rings. The number of hydrogen-bond donors (Lipinski definition) is 0. The van der Waals surface area contributed by atoms with Crippen LogP contribution in [-0.2, 0) is 0 Å². The molecule has 0 aliphatic carbocycles. The summed E-state index contributed by atoms with van der Waals surface area (Å²) in [5.74, 6) is 0. The molecule has 0 N–H and O–H groups in total. The Kier molecular flexibility index (Phi) is 5.98. The largest absolute Gasteiger partial charge is 0.0622 e. The summed E-state index contributed by atoms with van der Waals surface area (Å²) >= 11 is 0. The van der Waals surface area contributed by atoms with Crippen molar-refractivity contribution in [1.29, 1.82) is 0 Å². The summed E-state index contributed by atoms with van der Waals surface area (Å²) in [6.07, 6.45) is 0. The number of benzene rings is 10. The summed E-state index contributed by atoms with van der Waals surface area (Å²) in [5.41, 5.74) is 7.55. The van der Waals surface area contributed by atoms with E-state index in [-0.39, 0.29) is 0 Å². The Hall–Kier alpha value is -6.24. The first-order valence-electron chi connectivity index (χ1n) is 16.7. The molecule has 0 fully saturated rings. The van der Waals surface area contributed by atoms with Crippen molar-refractivity contribution in [1.82, 2.24) is 0 Å². The SMILES string of the molecule is c1ccc(-c2c3ccccc3c(-c3ccc4ccccc4c3)c3cc(-c4c5ccccc5cc5c4ccc4ccccc45)ccc23)cc1. The zero-order valence-electron chi connectivity index (χ0n) is 26.3. The van der Waals surface area contributed by atoms with Crippen LogP contribution in [0.4, 0.5) is 0 Å². The molecule has 0 saturated carbocycles. The monoisotopic (exact) mass is 606 g/mol. The normalized spacial score (nSPS) is 11.8. The summed E-state index contributed by atoms with van der Waals surface area (Å²) in [6.45, 7) is 0. The lowest BCUT2D eigenvalue weighted by Gasteiger charge is -2.20. The highest BCUT2D eigenvalue weighted by atomic mass is 14.2. The predicted molar refractivity (Wildman–Crippen MR) is 208 cm³/mol. The fourth-order valence-electron chi connectivity index (χ4n) is 8.04. The van der Waals surface area contributed by atoms with Crippen LogP contribution in [0.3, 0.4) is 0 Å². The third-order valence-electron chi connectivity index (χ3n) is 10.2. The zero-order valence-corrected chi connectivity index (χ0v) is 26.3. The fourth-order valence-corrected chi connectivity index (χ4v) is 8.04. The van der Waals surface area contributed by atoms with E-state index >= 15 is 0 Å². The Labute approximate surface area is 279 Å². The van der Waals surface area contributed by atoms with E-state index in [2.05, 4.69) is 182 Å². The third kappa shape index (κ3) is 4.10. The van der Waals surface area contributed by atoms with Gasteiger partial charge in [-0.15, -0.1) is 0 Å². The van der Waals surface area contributed by atoms with Crippen LogP contribution in [0, 0.1) is 0 Å². The van der Waals surface area contributed by atoms with E-state index in [1.165, 1.54) is 98.0 Å². The smallest absolute Gasteiger partial charge is 0.00259 e. The molecule has 0 saturated heterocycles. The molecule has 10 rings (SSSR count). The van der Waals surface area contributed by atoms with Gasteiger partial charge in [0.15, 0.2) is 0 Å². The molecular weight excluding hydrogens is 577 g/mol. The summed E-state index contributed by atoms with van der Waals surface area (Å²) in [6, 6.07) is 67.2. The molecule has 0 heteroatoms. The molecule has 222 valence electrons. The van der Waals surface area contributed by atoms with E-state index < -0.39 is 0 Å². The van der Waals surface area contributed by atoms with Gasteiger partial charge in [0, 0.05) is 0 Å². The van der Waals surface area contributed by atoms with Crippen LogP contribution in [0.5, 0.6) is 0 Å². The number of rotatable bonds is 3. The summed E-state index contributed by atoms with van der Waals surface area (Å²) in [5, 5.41) is 15.2.